The number of anilines is 1. The van der Waals surface area contributed by atoms with Gasteiger partial charge in [0, 0.05) is 17.5 Å². The molecule has 2 aromatic carbocycles. The van der Waals surface area contributed by atoms with Gasteiger partial charge in [0.25, 0.3) is 5.91 Å². The van der Waals surface area contributed by atoms with Crippen molar-refractivity contribution in [2.24, 2.45) is 0 Å². The van der Waals surface area contributed by atoms with E-state index < -0.39 is 5.82 Å². The first-order chi connectivity index (χ1) is 10.5. The Hall–Kier alpha value is -2.60. The fourth-order valence-electron chi connectivity index (χ4n) is 2.11. The minimum absolute atomic E-state index is 0.0272. The fraction of sp³-hybridized carbons (Fsp3) is 0.0667. The third-order valence-electron chi connectivity index (χ3n) is 3.29. The van der Waals surface area contributed by atoms with Gasteiger partial charge in [0.1, 0.15) is 5.82 Å². The van der Waals surface area contributed by atoms with Crippen LogP contribution >= 0.6 is 11.6 Å². The number of nitrogens with two attached hydrogens (primary N) is 1. The lowest BCUT2D eigenvalue weighted by Crippen LogP contribution is -2.22. The van der Waals surface area contributed by atoms with Gasteiger partial charge in [0.2, 0.25) is 0 Å². The van der Waals surface area contributed by atoms with Crippen molar-refractivity contribution in [3.05, 3.63) is 58.4 Å². The van der Waals surface area contributed by atoms with Gasteiger partial charge in [-0.25, -0.2) is 4.39 Å². The molecule has 0 aliphatic heterocycles. The molecule has 0 aliphatic rings. The SMILES string of the molecule is Nc1n[nH]c2ccc(C(=O)NCc3ccc(F)c(Cl)c3)cc12. The summed E-state index contributed by atoms with van der Waals surface area (Å²) in [5.74, 6) is -0.407. The number of benzene rings is 2. The van der Waals surface area contributed by atoms with Crippen molar-refractivity contribution in [1.29, 1.82) is 0 Å². The first-order valence-corrected chi connectivity index (χ1v) is 6.88. The standard InChI is InChI=1S/C15H12ClFN4O/c16-11-5-8(1-3-12(11)17)7-19-15(22)9-2-4-13-10(6-9)14(18)21-20-13/h1-6H,7H2,(H,19,22)(H3,18,20,21). The van der Waals surface area contributed by atoms with Crippen LogP contribution in [0.4, 0.5) is 10.2 Å². The van der Waals surface area contributed by atoms with E-state index in [-0.39, 0.29) is 17.5 Å². The predicted octanol–water partition coefficient (Wildman–Crippen LogP) is 2.87. The molecule has 0 unspecified atom stereocenters. The monoisotopic (exact) mass is 318 g/mol. The van der Waals surface area contributed by atoms with E-state index >= 15 is 0 Å². The highest BCUT2D eigenvalue weighted by Gasteiger charge is 2.09. The summed E-state index contributed by atoms with van der Waals surface area (Å²) in [6.45, 7) is 0.248. The molecule has 22 heavy (non-hydrogen) atoms. The fourth-order valence-corrected chi connectivity index (χ4v) is 2.31. The van der Waals surface area contributed by atoms with Gasteiger partial charge >= 0.3 is 0 Å². The minimum atomic E-state index is -0.488. The smallest absolute Gasteiger partial charge is 0.251 e. The van der Waals surface area contributed by atoms with E-state index in [9.17, 15) is 9.18 Å². The third-order valence-corrected chi connectivity index (χ3v) is 3.58. The van der Waals surface area contributed by atoms with Gasteiger partial charge in [-0.2, -0.15) is 5.10 Å². The molecule has 1 amide bonds. The molecule has 1 heterocycles. The Morgan fingerprint density at radius 3 is 2.91 bits per heavy atom. The Kier molecular flexibility index (Phi) is 3.68. The van der Waals surface area contributed by atoms with Crippen molar-refractivity contribution in [3.8, 4) is 0 Å². The maximum absolute atomic E-state index is 13.1. The number of hydrogen-bond acceptors (Lipinski definition) is 3. The van der Waals surface area contributed by atoms with Gasteiger partial charge in [0.05, 0.1) is 10.5 Å². The van der Waals surface area contributed by atoms with Crippen molar-refractivity contribution < 1.29 is 9.18 Å². The average Bonchev–Trinajstić information content (AvgIpc) is 2.89. The second-order valence-corrected chi connectivity index (χ2v) is 5.21. The van der Waals surface area contributed by atoms with Gasteiger partial charge < -0.3 is 11.1 Å². The van der Waals surface area contributed by atoms with E-state index in [1.54, 1.807) is 24.3 Å². The Bertz CT molecular complexity index is 862. The molecule has 7 heteroatoms. The average molecular weight is 319 g/mol. The molecular formula is C15H12ClFN4O. The lowest BCUT2D eigenvalue weighted by atomic mass is 10.1. The second-order valence-electron chi connectivity index (χ2n) is 4.80. The number of carbonyl (C=O) groups is 1. The Morgan fingerprint density at radius 2 is 2.14 bits per heavy atom. The van der Waals surface area contributed by atoms with Crippen LogP contribution in [-0.2, 0) is 6.54 Å². The third kappa shape index (κ3) is 2.73. The summed E-state index contributed by atoms with van der Waals surface area (Å²) < 4.78 is 13.1. The van der Waals surface area contributed by atoms with Crippen LogP contribution in [0, 0.1) is 5.82 Å². The maximum Gasteiger partial charge on any atom is 0.251 e. The van der Waals surface area contributed by atoms with E-state index in [4.69, 9.17) is 17.3 Å². The molecule has 1 aromatic heterocycles. The number of halogens is 2. The van der Waals surface area contributed by atoms with E-state index in [2.05, 4.69) is 15.5 Å². The molecule has 0 saturated carbocycles. The number of nitrogen functional groups attached to an aromatic ring is 1. The molecule has 0 aliphatic carbocycles. The zero-order valence-electron chi connectivity index (χ0n) is 11.4. The van der Waals surface area contributed by atoms with Crippen LogP contribution in [0.5, 0.6) is 0 Å². The lowest BCUT2D eigenvalue weighted by molar-refractivity contribution is 0.0951. The van der Waals surface area contributed by atoms with Crippen molar-refractivity contribution in [3.63, 3.8) is 0 Å². The number of aromatic nitrogens is 2. The van der Waals surface area contributed by atoms with E-state index in [0.717, 1.165) is 5.52 Å². The van der Waals surface area contributed by atoms with Gasteiger partial charge in [-0.1, -0.05) is 17.7 Å². The highest BCUT2D eigenvalue weighted by molar-refractivity contribution is 6.30. The summed E-state index contributed by atoms with van der Waals surface area (Å²) in [5.41, 5.74) is 7.66. The Labute approximate surface area is 130 Å². The Balaban J connectivity index is 1.75. The number of fused-ring (bicyclic) bond motifs is 1. The number of rotatable bonds is 3. The largest absolute Gasteiger partial charge is 0.382 e. The summed E-state index contributed by atoms with van der Waals surface area (Å²) >= 11 is 5.70. The topological polar surface area (TPSA) is 83.8 Å². The highest BCUT2D eigenvalue weighted by Crippen LogP contribution is 2.19. The number of nitrogens with zero attached hydrogens (tertiary/aromatic N) is 1. The second kappa shape index (κ2) is 5.65. The Morgan fingerprint density at radius 1 is 1.32 bits per heavy atom. The van der Waals surface area contributed by atoms with Gasteiger partial charge in [-0.3, -0.25) is 9.89 Å². The number of hydrogen-bond donors (Lipinski definition) is 3. The van der Waals surface area contributed by atoms with Crippen LogP contribution in [0.1, 0.15) is 15.9 Å². The lowest BCUT2D eigenvalue weighted by Gasteiger charge is -2.06. The molecule has 0 saturated heterocycles. The minimum Gasteiger partial charge on any atom is -0.382 e. The number of nitrogens with one attached hydrogen (secondary N) is 2. The molecule has 0 bridgehead atoms. The first-order valence-electron chi connectivity index (χ1n) is 6.50. The molecule has 0 atom stereocenters. The van der Waals surface area contributed by atoms with Gasteiger partial charge in [-0.05, 0) is 35.9 Å². The molecule has 4 N–H and O–H groups in total. The first kappa shape index (κ1) is 14.3. The molecule has 3 rings (SSSR count). The number of carbonyl (C=O) groups excluding carboxylic acids is 1. The molecular weight excluding hydrogens is 307 g/mol. The quantitative estimate of drug-likeness (QED) is 0.694. The highest BCUT2D eigenvalue weighted by atomic mass is 35.5. The summed E-state index contributed by atoms with van der Waals surface area (Å²) in [7, 11) is 0. The number of H-pyrrole nitrogens is 1. The summed E-state index contributed by atoms with van der Waals surface area (Å²) in [5, 5.41) is 10.1. The van der Waals surface area contributed by atoms with Crippen molar-refractivity contribution in [1.82, 2.24) is 15.5 Å². The van der Waals surface area contributed by atoms with Crippen LogP contribution in [0.25, 0.3) is 10.9 Å². The normalized spacial score (nSPS) is 10.8. The molecule has 0 radical (unpaired) electrons. The molecule has 0 spiro atoms. The van der Waals surface area contributed by atoms with Crippen LogP contribution < -0.4 is 11.1 Å². The number of amides is 1. The van der Waals surface area contributed by atoms with E-state index in [1.807, 2.05) is 0 Å². The molecule has 112 valence electrons. The molecule has 5 nitrogen and oxygen atoms in total. The summed E-state index contributed by atoms with van der Waals surface area (Å²) in [6.07, 6.45) is 0. The molecule has 3 aromatic rings. The zero-order valence-corrected chi connectivity index (χ0v) is 12.1. The van der Waals surface area contributed by atoms with Crippen LogP contribution in [0.2, 0.25) is 5.02 Å². The van der Waals surface area contributed by atoms with Gasteiger partial charge in [-0.15, -0.1) is 0 Å². The molecule has 0 fully saturated rings. The van der Waals surface area contributed by atoms with Crippen molar-refractivity contribution in [2.75, 3.05) is 5.73 Å². The van der Waals surface area contributed by atoms with Crippen molar-refractivity contribution in [2.45, 2.75) is 6.54 Å². The van der Waals surface area contributed by atoms with E-state index in [1.165, 1.54) is 12.1 Å². The van der Waals surface area contributed by atoms with Crippen molar-refractivity contribution >= 4 is 34.2 Å². The zero-order chi connectivity index (χ0) is 15.7. The summed E-state index contributed by atoms with van der Waals surface area (Å²) in [4.78, 5) is 12.2. The maximum atomic E-state index is 13.1. The van der Waals surface area contributed by atoms with Crippen LogP contribution in [0.3, 0.4) is 0 Å². The van der Waals surface area contributed by atoms with E-state index in [0.29, 0.717) is 22.3 Å². The van der Waals surface area contributed by atoms with Gasteiger partial charge in [0.15, 0.2) is 5.82 Å². The van der Waals surface area contributed by atoms with Crippen LogP contribution in [-0.4, -0.2) is 16.1 Å². The number of aromatic amines is 1. The summed E-state index contributed by atoms with van der Waals surface area (Å²) in [6, 6.07) is 9.39. The predicted molar refractivity (Wildman–Crippen MR) is 83.1 cm³/mol. The van der Waals surface area contributed by atoms with Crippen LogP contribution in [0.15, 0.2) is 36.4 Å².